The first-order valence-corrected chi connectivity index (χ1v) is 8.71. The van der Waals surface area contributed by atoms with Crippen LogP contribution in [0.2, 0.25) is 0 Å². The third-order valence-corrected chi connectivity index (χ3v) is 3.56. The lowest BCUT2D eigenvalue weighted by Gasteiger charge is -2.10. The predicted octanol–water partition coefficient (Wildman–Crippen LogP) is 4.07. The quantitative estimate of drug-likeness (QED) is 0.386. The van der Waals surface area contributed by atoms with Crippen LogP contribution in [0.15, 0.2) is 47.7 Å². The minimum Gasteiger partial charge on any atom is -0.494 e. The first kappa shape index (κ1) is 19.8. The van der Waals surface area contributed by atoms with Gasteiger partial charge in [0.15, 0.2) is 0 Å². The van der Waals surface area contributed by atoms with Crippen molar-refractivity contribution in [2.24, 2.45) is 5.73 Å². The van der Waals surface area contributed by atoms with Crippen molar-refractivity contribution in [2.45, 2.75) is 53.0 Å². The normalized spacial score (nSPS) is 12.1. The van der Waals surface area contributed by atoms with Gasteiger partial charge in [-0.25, -0.2) is 0 Å². The van der Waals surface area contributed by atoms with Crippen molar-refractivity contribution in [3.05, 3.63) is 53.3 Å². The van der Waals surface area contributed by atoms with Crippen LogP contribution in [0.5, 0.6) is 5.75 Å². The smallest absolute Gasteiger partial charge is 0.253 e. The minimum absolute atomic E-state index is 0.158. The van der Waals surface area contributed by atoms with Gasteiger partial charge in [-0.2, -0.15) is 0 Å². The molecule has 0 saturated heterocycles. The highest BCUT2D eigenvalue weighted by Gasteiger charge is 2.08. The van der Waals surface area contributed by atoms with Gasteiger partial charge in [0.05, 0.1) is 12.2 Å². The van der Waals surface area contributed by atoms with Gasteiger partial charge in [0.25, 0.3) is 5.91 Å². The molecule has 0 aliphatic rings. The van der Waals surface area contributed by atoms with Gasteiger partial charge < -0.3 is 15.8 Å². The van der Waals surface area contributed by atoms with Gasteiger partial charge in [0, 0.05) is 12.2 Å². The number of ether oxygens (including phenoxy) is 1. The zero-order valence-electron chi connectivity index (χ0n) is 15.1. The van der Waals surface area contributed by atoms with Gasteiger partial charge in [-0.05, 0) is 37.5 Å². The van der Waals surface area contributed by atoms with E-state index in [9.17, 15) is 4.79 Å². The molecule has 1 amide bonds. The number of rotatable bonds is 10. The molecule has 0 aromatic heterocycles. The maximum Gasteiger partial charge on any atom is 0.253 e. The van der Waals surface area contributed by atoms with Crippen LogP contribution in [0, 0.1) is 0 Å². The third kappa shape index (κ3) is 7.36. The van der Waals surface area contributed by atoms with Crippen molar-refractivity contribution in [1.82, 2.24) is 5.32 Å². The first-order valence-electron chi connectivity index (χ1n) is 8.71. The van der Waals surface area contributed by atoms with Crippen LogP contribution in [0.1, 0.15) is 52.0 Å². The van der Waals surface area contributed by atoms with Crippen LogP contribution in [0.25, 0.3) is 0 Å². The fraction of sp³-hybridized carbons (Fsp3) is 0.450. The molecular weight excluding hydrogens is 300 g/mol. The highest BCUT2D eigenvalue weighted by molar-refractivity contribution is 5.96. The van der Waals surface area contributed by atoms with E-state index in [0.717, 1.165) is 30.8 Å². The van der Waals surface area contributed by atoms with E-state index in [1.807, 2.05) is 37.3 Å². The molecule has 4 nitrogen and oxygen atoms in total. The summed E-state index contributed by atoms with van der Waals surface area (Å²) in [4.78, 5) is 12.3. The monoisotopic (exact) mass is 330 g/mol. The van der Waals surface area contributed by atoms with Gasteiger partial charge in [-0.3, -0.25) is 4.79 Å². The molecule has 1 aromatic rings. The molecule has 4 heteroatoms. The first-order chi connectivity index (χ1) is 11.6. The molecule has 3 N–H and O–H groups in total. The van der Waals surface area contributed by atoms with Gasteiger partial charge in [0.2, 0.25) is 0 Å². The van der Waals surface area contributed by atoms with E-state index in [2.05, 4.69) is 12.2 Å². The van der Waals surface area contributed by atoms with E-state index in [0.29, 0.717) is 17.8 Å². The number of nitrogens with one attached hydrogen (secondary N) is 1. The van der Waals surface area contributed by atoms with Crippen LogP contribution in [0.3, 0.4) is 0 Å². The summed E-state index contributed by atoms with van der Waals surface area (Å²) in [6, 6.07) is 7.82. The van der Waals surface area contributed by atoms with Crippen molar-refractivity contribution in [3.63, 3.8) is 0 Å². The molecular formula is C20H30N2O2. The van der Waals surface area contributed by atoms with Gasteiger partial charge >= 0.3 is 0 Å². The number of hydrogen-bond acceptors (Lipinski definition) is 3. The zero-order valence-corrected chi connectivity index (χ0v) is 15.1. The lowest BCUT2D eigenvalue weighted by Crippen LogP contribution is -2.25. The number of nitrogens with two attached hydrogens (primary N) is 1. The molecule has 0 bridgehead atoms. The van der Waals surface area contributed by atoms with Gasteiger partial charge in [-0.15, -0.1) is 0 Å². The highest BCUT2D eigenvalue weighted by Crippen LogP contribution is 2.14. The van der Waals surface area contributed by atoms with Gasteiger partial charge in [0.1, 0.15) is 5.75 Å². The Morgan fingerprint density at radius 1 is 1.29 bits per heavy atom. The number of carbonyl (C=O) groups is 1. The summed E-state index contributed by atoms with van der Waals surface area (Å²) in [5.74, 6) is 0.684. The molecule has 24 heavy (non-hydrogen) atoms. The Hall–Kier alpha value is -2.23. The van der Waals surface area contributed by atoms with Crippen molar-refractivity contribution in [3.8, 4) is 5.75 Å². The molecule has 0 fully saturated rings. The fourth-order valence-corrected chi connectivity index (χ4v) is 2.19. The minimum atomic E-state index is -0.158. The molecule has 0 spiro atoms. The maximum absolute atomic E-state index is 12.3. The molecule has 1 rings (SSSR count). The summed E-state index contributed by atoms with van der Waals surface area (Å²) in [5, 5.41) is 2.91. The Kier molecular flexibility index (Phi) is 9.35. The summed E-state index contributed by atoms with van der Waals surface area (Å²) < 4.78 is 5.74. The molecule has 0 unspecified atom stereocenters. The summed E-state index contributed by atoms with van der Waals surface area (Å²) >= 11 is 0. The van der Waals surface area contributed by atoms with Crippen molar-refractivity contribution < 1.29 is 9.53 Å². The average molecular weight is 330 g/mol. The Morgan fingerprint density at radius 2 is 2.08 bits per heavy atom. The SMILES string of the molecule is CC/C=C\C(C(=O)NCc1cccc(OCCCCC)c1)=C(/C)N. The molecule has 0 saturated carbocycles. The summed E-state index contributed by atoms with van der Waals surface area (Å²) in [5.41, 5.74) is 7.84. The van der Waals surface area contributed by atoms with Crippen LogP contribution < -0.4 is 15.8 Å². The molecule has 0 radical (unpaired) electrons. The average Bonchev–Trinajstić information content (AvgIpc) is 2.57. The van der Waals surface area contributed by atoms with E-state index >= 15 is 0 Å². The Bertz CT molecular complexity index is 573. The number of hydrogen-bond donors (Lipinski definition) is 2. The second-order valence-corrected chi connectivity index (χ2v) is 5.79. The van der Waals surface area contributed by atoms with Crippen molar-refractivity contribution in [2.75, 3.05) is 6.61 Å². The number of benzene rings is 1. The summed E-state index contributed by atoms with van der Waals surface area (Å²) in [7, 11) is 0. The second-order valence-electron chi connectivity index (χ2n) is 5.79. The molecule has 0 aliphatic carbocycles. The van der Waals surface area contributed by atoms with Crippen LogP contribution in [-0.4, -0.2) is 12.5 Å². The van der Waals surface area contributed by atoms with E-state index in [4.69, 9.17) is 10.5 Å². The molecule has 0 aliphatic heterocycles. The number of unbranched alkanes of at least 4 members (excludes halogenated alkanes) is 2. The highest BCUT2D eigenvalue weighted by atomic mass is 16.5. The van der Waals surface area contributed by atoms with E-state index in [1.54, 1.807) is 13.0 Å². The van der Waals surface area contributed by atoms with Crippen molar-refractivity contribution in [1.29, 1.82) is 0 Å². The molecule has 1 aromatic carbocycles. The molecule has 0 heterocycles. The Labute approximate surface area is 145 Å². The van der Waals surface area contributed by atoms with Crippen LogP contribution in [-0.2, 0) is 11.3 Å². The standard InChI is InChI=1S/C20H30N2O2/c1-4-6-8-13-24-18-11-9-10-17(14-18)15-22-20(23)19(16(3)21)12-7-5-2/h7,9-12,14H,4-6,8,13,15,21H2,1-3H3,(H,22,23)/b12-7-,19-16-. The number of amides is 1. The van der Waals surface area contributed by atoms with E-state index in [-0.39, 0.29) is 5.91 Å². The van der Waals surface area contributed by atoms with Crippen molar-refractivity contribution >= 4 is 5.91 Å². The summed E-state index contributed by atoms with van der Waals surface area (Å²) in [6.07, 6.45) is 7.98. The largest absolute Gasteiger partial charge is 0.494 e. The summed E-state index contributed by atoms with van der Waals surface area (Å²) in [6.45, 7) is 7.10. The Balaban J connectivity index is 2.59. The predicted molar refractivity (Wildman–Crippen MR) is 99.6 cm³/mol. The zero-order chi connectivity index (χ0) is 17.8. The molecule has 132 valence electrons. The third-order valence-electron chi connectivity index (χ3n) is 3.56. The topological polar surface area (TPSA) is 64.3 Å². The Morgan fingerprint density at radius 3 is 2.75 bits per heavy atom. The fourth-order valence-electron chi connectivity index (χ4n) is 2.19. The second kappa shape index (κ2) is 11.3. The molecule has 0 atom stereocenters. The van der Waals surface area contributed by atoms with Crippen LogP contribution >= 0.6 is 0 Å². The van der Waals surface area contributed by atoms with E-state index < -0.39 is 0 Å². The number of allylic oxidation sites excluding steroid dienone is 2. The van der Waals surface area contributed by atoms with E-state index in [1.165, 1.54) is 12.8 Å². The lowest BCUT2D eigenvalue weighted by atomic mass is 10.1. The maximum atomic E-state index is 12.3. The van der Waals surface area contributed by atoms with Gasteiger partial charge in [-0.1, -0.05) is 51.0 Å². The number of carbonyl (C=O) groups excluding carboxylic acids is 1. The van der Waals surface area contributed by atoms with Crippen LogP contribution in [0.4, 0.5) is 0 Å². The lowest BCUT2D eigenvalue weighted by molar-refractivity contribution is -0.117.